The van der Waals surface area contributed by atoms with Gasteiger partial charge >= 0.3 is 5.97 Å². The SMILES string of the molecule is COCCOCC(=O)Oc1ccc2c(c1)[C@]13CCCC[C@@H]1[C@H](C2)N(C)CC3. The van der Waals surface area contributed by atoms with Crippen molar-refractivity contribution in [2.75, 3.05) is 40.5 Å². The number of likely N-dealkylation sites (N-methyl/N-ethyl adjacent to an activating group) is 1. The van der Waals surface area contributed by atoms with Crippen molar-refractivity contribution in [1.29, 1.82) is 0 Å². The Morgan fingerprint density at radius 1 is 1.26 bits per heavy atom. The molecule has 2 bridgehead atoms. The van der Waals surface area contributed by atoms with Crippen LogP contribution in [0.4, 0.5) is 0 Å². The summed E-state index contributed by atoms with van der Waals surface area (Å²) >= 11 is 0. The number of benzene rings is 1. The predicted octanol–water partition coefficient (Wildman–Crippen LogP) is 2.94. The molecule has 4 rings (SSSR count). The lowest BCUT2D eigenvalue weighted by Crippen LogP contribution is -2.59. The van der Waals surface area contributed by atoms with Gasteiger partial charge in [-0.2, -0.15) is 0 Å². The van der Waals surface area contributed by atoms with Gasteiger partial charge in [-0.25, -0.2) is 4.79 Å². The van der Waals surface area contributed by atoms with E-state index in [4.69, 9.17) is 14.2 Å². The summed E-state index contributed by atoms with van der Waals surface area (Å²) in [6.07, 6.45) is 7.59. The molecule has 0 spiro atoms. The summed E-state index contributed by atoms with van der Waals surface area (Å²) in [6, 6.07) is 6.95. The monoisotopic (exact) mass is 373 g/mol. The van der Waals surface area contributed by atoms with Gasteiger partial charge in [-0.3, -0.25) is 0 Å². The standard InChI is InChI=1S/C22H31NO4/c1-23-10-9-22-8-4-3-5-18(22)20(23)13-16-6-7-17(14-19(16)22)27-21(24)15-26-12-11-25-2/h6-7,14,18,20H,3-5,8-13,15H2,1-2H3/t18-,20+,22+/m1/s1. The molecular weight excluding hydrogens is 342 g/mol. The van der Waals surface area contributed by atoms with E-state index in [0.29, 0.717) is 25.0 Å². The first-order valence-electron chi connectivity index (χ1n) is 10.2. The lowest BCUT2D eigenvalue weighted by Gasteiger charge is -2.58. The minimum atomic E-state index is -0.346. The second-order valence-electron chi connectivity index (χ2n) is 8.35. The number of rotatable bonds is 6. The third-order valence-electron chi connectivity index (χ3n) is 6.97. The summed E-state index contributed by atoms with van der Waals surface area (Å²) < 4.78 is 15.8. The molecule has 0 unspecified atom stereocenters. The molecule has 3 aliphatic rings. The lowest BCUT2D eigenvalue weighted by atomic mass is 9.52. The van der Waals surface area contributed by atoms with Gasteiger partial charge in [0.2, 0.25) is 0 Å². The molecule has 0 radical (unpaired) electrons. The quantitative estimate of drug-likeness (QED) is 0.436. The minimum absolute atomic E-state index is 0.0406. The number of piperidine rings is 1. The molecule has 1 heterocycles. The van der Waals surface area contributed by atoms with Crippen LogP contribution >= 0.6 is 0 Å². The van der Waals surface area contributed by atoms with Gasteiger partial charge in [-0.05, 0) is 68.5 Å². The summed E-state index contributed by atoms with van der Waals surface area (Å²) in [6.45, 7) is 2.00. The van der Waals surface area contributed by atoms with Crippen molar-refractivity contribution in [2.45, 2.75) is 50.0 Å². The van der Waals surface area contributed by atoms with Gasteiger partial charge in [0, 0.05) is 18.6 Å². The molecule has 1 aromatic carbocycles. The van der Waals surface area contributed by atoms with E-state index in [2.05, 4.69) is 24.1 Å². The van der Waals surface area contributed by atoms with Crippen LogP contribution in [-0.2, 0) is 26.1 Å². The van der Waals surface area contributed by atoms with Crippen molar-refractivity contribution in [3.05, 3.63) is 29.3 Å². The molecule has 2 fully saturated rings. The van der Waals surface area contributed by atoms with E-state index in [1.807, 2.05) is 6.07 Å². The minimum Gasteiger partial charge on any atom is -0.425 e. The van der Waals surface area contributed by atoms with Crippen molar-refractivity contribution in [2.24, 2.45) is 5.92 Å². The summed E-state index contributed by atoms with van der Waals surface area (Å²) in [5.41, 5.74) is 3.17. The van der Waals surface area contributed by atoms with Gasteiger partial charge in [0.25, 0.3) is 0 Å². The molecule has 1 saturated carbocycles. The molecule has 27 heavy (non-hydrogen) atoms. The average Bonchev–Trinajstić information content (AvgIpc) is 2.68. The Morgan fingerprint density at radius 2 is 2.15 bits per heavy atom. The van der Waals surface area contributed by atoms with E-state index in [1.165, 1.54) is 43.2 Å². The molecule has 5 heteroatoms. The molecule has 0 amide bonds. The lowest BCUT2D eigenvalue weighted by molar-refractivity contribution is -0.139. The maximum Gasteiger partial charge on any atom is 0.337 e. The van der Waals surface area contributed by atoms with Crippen LogP contribution in [0, 0.1) is 5.92 Å². The number of hydrogen-bond donors (Lipinski definition) is 0. The number of ether oxygens (including phenoxy) is 3. The van der Waals surface area contributed by atoms with Crippen LogP contribution in [-0.4, -0.2) is 57.4 Å². The maximum atomic E-state index is 12.1. The highest BCUT2D eigenvalue weighted by Gasteiger charge is 2.53. The van der Waals surface area contributed by atoms with Crippen molar-refractivity contribution in [1.82, 2.24) is 4.90 Å². The number of carbonyl (C=O) groups is 1. The molecule has 0 N–H and O–H groups in total. The molecule has 5 nitrogen and oxygen atoms in total. The van der Waals surface area contributed by atoms with Gasteiger partial charge in [0.15, 0.2) is 0 Å². The molecule has 1 saturated heterocycles. The summed E-state index contributed by atoms with van der Waals surface area (Å²) in [5, 5.41) is 0. The third-order valence-corrected chi connectivity index (χ3v) is 6.97. The fourth-order valence-corrected chi connectivity index (χ4v) is 5.70. The number of likely N-dealkylation sites (tertiary alicyclic amines) is 1. The number of fused-ring (bicyclic) bond motifs is 1. The Hall–Kier alpha value is -1.43. The van der Waals surface area contributed by atoms with E-state index in [-0.39, 0.29) is 18.0 Å². The first-order chi connectivity index (χ1) is 13.1. The maximum absolute atomic E-state index is 12.1. The third kappa shape index (κ3) is 3.53. The van der Waals surface area contributed by atoms with E-state index < -0.39 is 0 Å². The highest BCUT2D eigenvalue weighted by Crippen LogP contribution is 2.55. The molecule has 148 valence electrons. The zero-order valence-corrected chi connectivity index (χ0v) is 16.5. The van der Waals surface area contributed by atoms with Crippen molar-refractivity contribution in [3.63, 3.8) is 0 Å². The van der Waals surface area contributed by atoms with Crippen LogP contribution in [0.25, 0.3) is 0 Å². The Morgan fingerprint density at radius 3 is 3.00 bits per heavy atom. The van der Waals surface area contributed by atoms with Gasteiger partial charge in [-0.1, -0.05) is 18.9 Å². The van der Waals surface area contributed by atoms with Crippen molar-refractivity contribution in [3.8, 4) is 5.75 Å². The van der Waals surface area contributed by atoms with Crippen molar-refractivity contribution < 1.29 is 19.0 Å². The highest BCUT2D eigenvalue weighted by atomic mass is 16.6. The Balaban J connectivity index is 1.54. The van der Waals surface area contributed by atoms with Crippen LogP contribution in [0.3, 0.4) is 0 Å². The number of methoxy groups -OCH3 is 1. The zero-order chi connectivity index (χ0) is 18.9. The molecular formula is C22H31NO4. The number of carbonyl (C=O) groups excluding carboxylic acids is 1. The van der Waals surface area contributed by atoms with Crippen LogP contribution < -0.4 is 4.74 Å². The smallest absolute Gasteiger partial charge is 0.337 e. The molecule has 1 aromatic rings. The van der Waals surface area contributed by atoms with E-state index in [9.17, 15) is 4.79 Å². The average molecular weight is 373 g/mol. The number of hydrogen-bond acceptors (Lipinski definition) is 5. The van der Waals surface area contributed by atoms with E-state index in [1.54, 1.807) is 7.11 Å². The second kappa shape index (κ2) is 7.90. The summed E-state index contributed by atoms with van der Waals surface area (Å²) in [5.74, 6) is 1.05. The summed E-state index contributed by atoms with van der Waals surface area (Å²) in [4.78, 5) is 14.7. The largest absolute Gasteiger partial charge is 0.425 e. The Bertz CT molecular complexity index is 691. The zero-order valence-electron chi connectivity index (χ0n) is 16.5. The Labute approximate surface area is 162 Å². The number of esters is 1. The van der Waals surface area contributed by atoms with E-state index in [0.717, 1.165) is 18.9 Å². The van der Waals surface area contributed by atoms with Crippen LogP contribution in [0.15, 0.2) is 18.2 Å². The van der Waals surface area contributed by atoms with Crippen molar-refractivity contribution >= 4 is 5.97 Å². The van der Waals surface area contributed by atoms with Gasteiger partial charge in [-0.15, -0.1) is 0 Å². The molecule has 2 aliphatic carbocycles. The van der Waals surface area contributed by atoms with Gasteiger partial charge in [0.1, 0.15) is 12.4 Å². The van der Waals surface area contributed by atoms with Crippen LogP contribution in [0.1, 0.15) is 43.2 Å². The molecule has 1 aliphatic heterocycles. The number of nitrogens with zero attached hydrogens (tertiary/aromatic N) is 1. The van der Waals surface area contributed by atoms with Gasteiger partial charge < -0.3 is 19.1 Å². The summed E-state index contributed by atoms with van der Waals surface area (Å²) in [7, 11) is 3.90. The predicted molar refractivity (Wildman–Crippen MR) is 103 cm³/mol. The van der Waals surface area contributed by atoms with Crippen LogP contribution in [0.2, 0.25) is 0 Å². The normalized spacial score (nSPS) is 29.7. The second-order valence-corrected chi connectivity index (χ2v) is 8.35. The topological polar surface area (TPSA) is 48.0 Å². The molecule has 0 aromatic heterocycles. The first kappa shape index (κ1) is 18.9. The molecule has 3 atom stereocenters. The fourth-order valence-electron chi connectivity index (χ4n) is 5.70. The van der Waals surface area contributed by atoms with Gasteiger partial charge in [0.05, 0.1) is 13.2 Å². The fraction of sp³-hybridized carbons (Fsp3) is 0.682. The van der Waals surface area contributed by atoms with E-state index >= 15 is 0 Å². The first-order valence-corrected chi connectivity index (χ1v) is 10.2. The van der Waals surface area contributed by atoms with Crippen LogP contribution in [0.5, 0.6) is 5.75 Å². The Kier molecular flexibility index (Phi) is 5.53. The highest BCUT2D eigenvalue weighted by molar-refractivity contribution is 5.73.